The minimum Gasteiger partial charge on any atom is -0.332 e. The fourth-order valence-electron chi connectivity index (χ4n) is 2.39. The molecule has 0 saturated carbocycles. The maximum Gasteiger partial charge on any atom is 0.105 e. The summed E-state index contributed by atoms with van der Waals surface area (Å²) in [7, 11) is 0. The van der Waals surface area contributed by atoms with Gasteiger partial charge in [0.25, 0.3) is 0 Å². The summed E-state index contributed by atoms with van der Waals surface area (Å²) >= 11 is 5.90. The number of nitrogens with zero attached hydrogens (tertiary/aromatic N) is 2. The zero-order valence-electron chi connectivity index (χ0n) is 11.4. The van der Waals surface area contributed by atoms with Crippen LogP contribution in [0.5, 0.6) is 0 Å². The molecule has 0 aliphatic carbocycles. The lowest BCUT2D eigenvalue weighted by Crippen LogP contribution is -2.18. The van der Waals surface area contributed by atoms with Crippen molar-refractivity contribution in [3.8, 4) is 0 Å². The Balaban J connectivity index is 2.10. The number of imidazole rings is 1. The molecule has 0 saturated heterocycles. The van der Waals surface area contributed by atoms with Gasteiger partial charge in [-0.3, -0.25) is 0 Å². The van der Waals surface area contributed by atoms with Crippen molar-refractivity contribution < 1.29 is 0 Å². The van der Waals surface area contributed by atoms with E-state index in [1.54, 1.807) is 0 Å². The van der Waals surface area contributed by atoms with E-state index < -0.39 is 0 Å². The molecule has 3 nitrogen and oxygen atoms in total. The van der Waals surface area contributed by atoms with E-state index in [9.17, 15) is 0 Å². The summed E-state index contributed by atoms with van der Waals surface area (Å²) in [6, 6.07) is 8.18. The highest BCUT2D eigenvalue weighted by molar-refractivity contribution is 6.30. The summed E-state index contributed by atoms with van der Waals surface area (Å²) in [5.74, 6) is 1.04. The number of nitrogens with two attached hydrogens (primary N) is 1. The van der Waals surface area contributed by atoms with Crippen LogP contribution < -0.4 is 5.73 Å². The Morgan fingerprint density at radius 1 is 1.32 bits per heavy atom. The Kier molecular flexibility index (Phi) is 4.61. The maximum atomic E-state index is 6.30. The van der Waals surface area contributed by atoms with E-state index in [4.69, 9.17) is 17.3 Å². The van der Waals surface area contributed by atoms with Crippen molar-refractivity contribution in [1.82, 2.24) is 9.55 Å². The van der Waals surface area contributed by atoms with Crippen LogP contribution in [-0.4, -0.2) is 9.55 Å². The van der Waals surface area contributed by atoms with Gasteiger partial charge in [0.1, 0.15) is 5.82 Å². The normalized spacial score (nSPS) is 14.3. The molecule has 0 fully saturated rings. The topological polar surface area (TPSA) is 43.8 Å². The van der Waals surface area contributed by atoms with E-state index in [1.165, 1.54) is 0 Å². The molecule has 1 heterocycles. The van der Waals surface area contributed by atoms with E-state index in [-0.39, 0.29) is 6.04 Å². The standard InChI is InChI=1S/C15H20ClN3/c1-3-14(19-9-8-18-11(19)2)10-15(17)12-4-6-13(16)7-5-12/h4-9,14-15H,3,10,17H2,1-2H3. The Morgan fingerprint density at radius 3 is 2.53 bits per heavy atom. The van der Waals surface area contributed by atoms with E-state index >= 15 is 0 Å². The SMILES string of the molecule is CCC(CC(N)c1ccc(Cl)cc1)n1ccnc1C. The fraction of sp³-hybridized carbons (Fsp3) is 0.400. The lowest BCUT2D eigenvalue weighted by atomic mass is 9.98. The number of halogens is 1. The fourth-order valence-corrected chi connectivity index (χ4v) is 2.52. The zero-order chi connectivity index (χ0) is 13.8. The molecule has 0 aliphatic rings. The predicted octanol–water partition coefficient (Wildman–Crippen LogP) is 3.89. The Hall–Kier alpha value is -1.32. The van der Waals surface area contributed by atoms with Crippen LogP contribution in [0.25, 0.3) is 0 Å². The number of rotatable bonds is 5. The Morgan fingerprint density at radius 2 is 2.00 bits per heavy atom. The molecular formula is C15H20ClN3. The largest absolute Gasteiger partial charge is 0.332 e. The van der Waals surface area contributed by atoms with Gasteiger partial charge in [-0.1, -0.05) is 30.7 Å². The summed E-state index contributed by atoms with van der Waals surface area (Å²) in [6.07, 6.45) is 5.80. The molecule has 0 radical (unpaired) electrons. The molecule has 102 valence electrons. The third-order valence-electron chi connectivity index (χ3n) is 3.55. The maximum absolute atomic E-state index is 6.30. The van der Waals surface area contributed by atoms with E-state index in [0.717, 1.165) is 29.3 Å². The quantitative estimate of drug-likeness (QED) is 0.901. The number of hydrogen-bond donors (Lipinski definition) is 1. The molecule has 0 bridgehead atoms. The third-order valence-corrected chi connectivity index (χ3v) is 3.80. The molecular weight excluding hydrogens is 258 g/mol. The van der Waals surface area contributed by atoms with Crippen LogP contribution >= 0.6 is 11.6 Å². The van der Waals surface area contributed by atoms with Crippen molar-refractivity contribution in [3.63, 3.8) is 0 Å². The van der Waals surface area contributed by atoms with E-state index in [0.29, 0.717) is 6.04 Å². The van der Waals surface area contributed by atoms with Crippen LogP contribution in [0.15, 0.2) is 36.7 Å². The van der Waals surface area contributed by atoms with Gasteiger partial charge in [0.05, 0.1) is 0 Å². The van der Waals surface area contributed by atoms with Gasteiger partial charge in [-0.15, -0.1) is 0 Å². The lowest BCUT2D eigenvalue weighted by Gasteiger charge is -2.22. The highest BCUT2D eigenvalue weighted by atomic mass is 35.5. The smallest absolute Gasteiger partial charge is 0.105 e. The van der Waals surface area contributed by atoms with E-state index in [1.807, 2.05) is 43.6 Å². The first-order valence-electron chi connectivity index (χ1n) is 6.62. The van der Waals surface area contributed by atoms with Gasteiger partial charge in [-0.25, -0.2) is 4.98 Å². The molecule has 1 aromatic carbocycles. The highest BCUT2D eigenvalue weighted by Gasteiger charge is 2.16. The van der Waals surface area contributed by atoms with Gasteiger partial charge in [0.2, 0.25) is 0 Å². The predicted molar refractivity (Wildman–Crippen MR) is 79.3 cm³/mol. The monoisotopic (exact) mass is 277 g/mol. The molecule has 2 aromatic rings. The Labute approximate surface area is 119 Å². The number of benzene rings is 1. The summed E-state index contributed by atoms with van der Waals surface area (Å²) in [6.45, 7) is 4.20. The molecule has 0 spiro atoms. The second-order valence-corrected chi connectivity index (χ2v) is 5.27. The molecule has 2 rings (SSSR count). The van der Waals surface area contributed by atoms with Crippen LogP contribution in [0.2, 0.25) is 5.02 Å². The first-order valence-corrected chi connectivity index (χ1v) is 7.00. The zero-order valence-corrected chi connectivity index (χ0v) is 12.1. The van der Waals surface area contributed by atoms with Gasteiger partial charge in [0, 0.05) is 29.5 Å². The second-order valence-electron chi connectivity index (χ2n) is 4.84. The van der Waals surface area contributed by atoms with Gasteiger partial charge < -0.3 is 10.3 Å². The summed E-state index contributed by atoms with van der Waals surface area (Å²) < 4.78 is 2.20. The van der Waals surface area contributed by atoms with E-state index in [2.05, 4.69) is 16.5 Å². The Bertz CT molecular complexity index is 518. The molecule has 0 aliphatic heterocycles. The van der Waals surface area contributed by atoms with Crippen LogP contribution in [0.3, 0.4) is 0 Å². The van der Waals surface area contributed by atoms with Crippen LogP contribution in [0.4, 0.5) is 0 Å². The van der Waals surface area contributed by atoms with Crippen molar-refractivity contribution in [1.29, 1.82) is 0 Å². The molecule has 4 heteroatoms. The van der Waals surface area contributed by atoms with Gasteiger partial charge >= 0.3 is 0 Å². The molecule has 19 heavy (non-hydrogen) atoms. The number of aryl methyl sites for hydroxylation is 1. The number of aromatic nitrogens is 2. The lowest BCUT2D eigenvalue weighted by molar-refractivity contribution is 0.408. The molecule has 0 amide bonds. The average molecular weight is 278 g/mol. The highest BCUT2D eigenvalue weighted by Crippen LogP contribution is 2.26. The minimum atomic E-state index is 0.0176. The van der Waals surface area contributed by atoms with Crippen LogP contribution in [0.1, 0.15) is 43.2 Å². The van der Waals surface area contributed by atoms with Crippen molar-refractivity contribution in [2.45, 2.75) is 38.8 Å². The third kappa shape index (κ3) is 3.37. The summed E-state index contributed by atoms with van der Waals surface area (Å²) in [5.41, 5.74) is 7.43. The second kappa shape index (κ2) is 6.22. The van der Waals surface area contributed by atoms with Crippen LogP contribution in [0, 0.1) is 6.92 Å². The molecule has 2 N–H and O–H groups in total. The molecule has 2 atom stereocenters. The van der Waals surface area contributed by atoms with Gasteiger partial charge in [0.15, 0.2) is 0 Å². The van der Waals surface area contributed by atoms with Crippen molar-refractivity contribution in [3.05, 3.63) is 53.1 Å². The van der Waals surface area contributed by atoms with Crippen molar-refractivity contribution >= 4 is 11.6 Å². The summed E-state index contributed by atoms with van der Waals surface area (Å²) in [4.78, 5) is 4.28. The first kappa shape index (κ1) is 14.1. The van der Waals surface area contributed by atoms with Crippen molar-refractivity contribution in [2.24, 2.45) is 5.73 Å². The first-order chi connectivity index (χ1) is 9.11. The molecule has 1 aromatic heterocycles. The molecule has 2 unspecified atom stereocenters. The van der Waals surface area contributed by atoms with Crippen molar-refractivity contribution in [2.75, 3.05) is 0 Å². The van der Waals surface area contributed by atoms with Gasteiger partial charge in [-0.2, -0.15) is 0 Å². The number of hydrogen-bond acceptors (Lipinski definition) is 2. The minimum absolute atomic E-state index is 0.0176. The summed E-state index contributed by atoms with van der Waals surface area (Å²) in [5, 5.41) is 0.744. The average Bonchev–Trinajstić information content (AvgIpc) is 2.83. The van der Waals surface area contributed by atoms with Gasteiger partial charge in [-0.05, 0) is 37.5 Å². The van der Waals surface area contributed by atoms with Crippen LogP contribution in [-0.2, 0) is 0 Å².